The molecule has 0 radical (unpaired) electrons. The Bertz CT molecular complexity index is 1180. The fourth-order valence-electron chi connectivity index (χ4n) is 3.65. The van der Waals surface area contributed by atoms with Crippen LogP contribution in [-0.2, 0) is 6.42 Å². The zero-order chi connectivity index (χ0) is 24.2. The number of likely N-dealkylation sites (N-methyl/N-ethyl adjacent to an activating group) is 1. The quantitative estimate of drug-likeness (QED) is 0.534. The third kappa shape index (κ3) is 5.26. The molecule has 178 valence electrons. The van der Waals surface area contributed by atoms with Gasteiger partial charge in [0.05, 0.1) is 23.5 Å². The van der Waals surface area contributed by atoms with Gasteiger partial charge in [0.15, 0.2) is 5.82 Å². The van der Waals surface area contributed by atoms with Crippen LogP contribution in [0.25, 0.3) is 11.3 Å². The van der Waals surface area contributed by atoms with Crippen molar-refractivity contribution in [2.75, 3.05) is 45.6 Å². The van der Waals surface area contributed by atoms with Crippen LogP contribution in [0, 0.1) is 11.6 Å². The molecule has 7 nitrogen and oxygen atoms in total. The molecule has 4 rings (SSSR count). The molecule has 0 unspecified atom stereocenters. The smallest absolute Gasteiger partial charge is 0.257 e. The molecule has 2 heterocycles. The first-order chi connectivity index (χ1) is 16.3. The minimum atomic E-state index is -0.700. The minimum absolute atomic E-state index is 0.00435. The summed E-state index contributed by atoms with van der Waals surface area (Å²) in [7, 11) is 2.04. The van der Waals surface area contributed by atoms with E-state index in [1.165, 1.54) is 6.20 Å². The van der Waals surface area contributed by atoms with E-state index in [-0.39, 0.29) is 41.2 Å². The van der Waals surface area contributed by atoms with Crippen molar-refractivity contribution in [3.63, 3.8) is 0 Å². The van der Waals surface area contributed by atoms with Crippen molar-refractivity contribution in [3.05, 3.63) is 70.4 Å². The number of rotatable bonds is 6. The lowest BCUT2D eigenvalue weighted by Crippen LogP contribution is -2.47. The van der Waals surface area contributed by atoms with Crippen LogP contribution in [0.1, 0.15) is 15.9 Å². The molecule has 0 bridgehead atoms. The predicted octanol–water partition coefficient (Wildman–Crippen LogP) is 3.67. The molecule has 0 spiro atoms. The Kier molecular flexibility index (Phi) is 7.23. The molecule has 1 aliphatic heterocycles. The van der Waals surface area contributed by atoms with E-state index in [1.54, 1.807) is 24.3 Å². The van der Waals surface area contributed by atoms with Gasteiger partial charge in [-0.3, -0.25) is 4.79 Å². The van der Waals surface area contributed by atoms with Gasteiger partial charge in [0.2, 0.25) is 0 Å². The lowest BCUT2D eigenvalue weighted by molar-refractivity contribution is 0.0664. The highest BCUT2D eigenvalue weighted by atomic mass is 35.5. The van der Waals surface area contributed by atoms with Crippen molar-refractivity contribution in [2.45, 2.75) is 6.42 Å². The van der Waals surface area contributed by atoms with Gasteiger partial charge in [-0.15, -0.1) is 0 Å². The summed E-state index contributed by atoms with van der Waals surface area (Å²) in [6, 6.07) is 9.07. The molecule has 1 saturated heterocycles. The molecule has 2 N–H and O–H groups in total. The van der Waals surface area contributed by atoms with E-state index in [0.29, 0.717) is 24.3 Å². The molecule has 34 heavy (non-hydrogen) atoms. The number of nitrogens with zero attached hydrogens (tertiary/aromatic N) is 4. The van der Waals surface area contributed by atoms with E-state index in [4.69, 9.17) is 22.1 Å². The maximum absolute atomic E-state index is 14.0. The van der Waals surface area contributed by atoms with E-state index >= 15 is 0 Å². The number of hydrogen-bond acceptors (Lipinski definition) is 6. The lowest BCUT2D eigenvalue weighted by atomic mass is 10.1. The van der Waals surface area contributed by atoms with Gasteiger partial charge in [0.1, 0.15) is 11.6 Å². The molecule has 0 aliphatic carbocycles. The number of halogens is 3. The van der Waals surface area contributed by atoms with Gasteiger partial charge in [-0.05, 0) is 31.3 Å². The Morgan fingerprint density at radius 2 is 1.76 bits per heavy atom. The average Bonchev–Trinajstić information content (AvgIpc) is 2.85. The van der Waals surface area contributed by atoms with Crippen LogP contribution in [0.3, 0.4) is 0 Å². The first-order valence-corrected chi connectivity index (χ1v) is 11.2. The van der Waals surface area contributed by atoms with E-state index in [2.05, 4.69) is 14.9 Å². The van der Waals surface area contributed by atoms with Gasteiger partial charge in [0.25, 0.3) is 11.8 Å². The number of ether oxygens (including phenoxy) is 1. The van der Waals surface area contributed by atoms with Crippen molar-refractivity contribution < 1.29 is 18.3 Å². The number of carbonyl (C=O) groups excluding carboxylic acids is 1. The standard InChI is InChI=1S/C24H24ClF2N5O2/c1-31-9-11-32(12-10-31)24(33)16-4-2-15(3-5-16)20-14-29-22(28)23(30-20)34-13-8-17-18(26)6-7-19(27)21(17)25/h2-7,14H,8-13H2,1H3,(H2,28,29). The maximum atomic E-state index is 14.0. The molecular weight excluding hydrogens is 464 g/mol. The molecule has 2 aromatic carbocycles. The van der Waals surface area contributed by atoms with Crippen molar-refractivity contribution in [2.24, 2.45) is 0 Å². The van der Waals surface area contributed by atoms with Crippen molar-refractivity contribution >= 4 is 23.3 Å². The van der Waals surface area contributed by atoms with Crippen LogP contribution in [0.4, 0.5) is 14.6 Å². The Labute approximate surface area is 201 Å². The van der Waals surface area contributed by atoms with Crippen LogP contribution in [-0.4, -0.2) is 65.5 Å². The number of amides is 1. The number of nitrogen functional groups attached to an aromatic ring is 1. The second kappa shape index (κ2) is 10.3. The Morgan fingerprint density at radius 1 is 1.09 bits per heavy atom. The number of nitrogens with two attached hydrogens (primary N) is 1. The number of benzene rings is 2. The summed E-state index contributed by atoms with van der Waals surface area (Å²) in [6.07, 6.45) is 1.53. The molecule has 3 aromatic rings. The van der Waals surface area contributed by atoms with Gasteiger partial charge in [-0.25, -0.2) is 18.7 Å². The van der Waals surface area contributed by atoms with Gasteiger partial charge in [-0.1, -0.05) is 23.7 Å². The Hall–Kier alpha value is -3.30. The molecule has 1 aliphatic rings. The summed E-state index contributed by atoms with van der Waals surface area (Å²) in [4.78, 5) is 25.3. The van der Waals surface area contributed by atoms with Gasteiger partial charge in [0, 0.05) is 49.3 Å². The highest BCUT2D eigenvalue weighted by molar-refractivity contribution is 6.31. The third-order valence-electron chi connectivity index (χ3n) is 5.71. The van der Waals surface area contributed by atoms with Crippen LogP contribution in [0.15, 0.2) is 42.6 Å². The zero-order valence-corrected chi connectivity index (χ0v) is 19.4. The van der Waals surface area contributed by atoms with Gasteiger partial charge >= 0.3 is 0 Å². The molecule has 1 fully saturated rings. The van der Waals surface area contributed by atoms with E-state index in [0.717, 1.165) is 30.8 Å². The van der Waals surface area contributed by atoms with E-state index in [1.807, 2.05) is 11.9 Å². The van der Waals surface area contributed by atoms with Crippen LogP contribution in [0.5, 0.6) is 5.88 Å². The van der Waals surface area contributed by atoms with E-state index < -0.39 is 11.6 Å². The van der Waals surface area contributed by atoms with Crippen LogP contribution in [0.2, 0.25) is 5.02 Å². The fourth-order valence-corrected chi connectivity index (χ4v) is 3.90. The van der Waals surface area contributed by atoms with Crippen LogP contribution >= 0.6 is 11.6 Å². The highest BCUT2D eigenvalue weighted by Gasteiger charge is 2.20. The first kappa shape index (κ1) is 23.8. The molecule has 1 aromatic heterocycles. The fraction of sp³-hybridized carbons (Fsp3) is 0.292. The highest BCUT2D eigenvalue weighted by Crippen LogP contribution is 2.26. The molecule has 10 heteroatoms. The van der Waals surface area contributed by atoms with E-state index in [9.17, 15) is 13.6 Å². The number of piperazine rings is 1. The topological polar surface area (TPSA) is 84.6 Å². The van der Waals surface area contributed by atoms with Gasteiger partial charge < -0.3 is 20.3 Å². The summed E-state index contributed by atoms with van der Waals surface area (Å²) in [5, 5.41) is -0.275. The number of hydrogen-bond donors (Lipinski definition) is 1. The zero-order valence-electron chi connectivity index (χ0n) is 18.6. The Balaban J connectivity index is 1.43. The second-order valence-electron chi connectivity index (χ2n) is 8.04. The summed E-state index contributed by atoms with van der Waals surface area (Å²) in [5.74, 6) is -1.18. The number of anilines is 1. The van der Waals surface area contributed by atoms with Crippen molar-refractivity contribution in [3.8, 4) is 17.1 Å². The first-order valence-electron chi connectivity index (χ1n) is 10.8. The summed E-state index contributed by atoms with van der Waals surface area (Å²) in [6.45, 7) is 3.08. The van der Waals surface area contributed by atoms with Crippen molar-refractivity contribution in [1.82, 2.24) is 19.8 Å². The number of carbonyl (C=O) groups is 1. The summed E-state index contributed by atoms with van der Waals surface area (Å²) in [5.41, 5.74) is 7.72. The largest absolute Gasteiger partial charge is 0.475 e. The maximum Gasteiger partial charge on any atom is 0.257 e. The average molecular weight is 488 g/mol. The molecular formula is C24H24ClF2N5O2. The predicted molar refractivity (Wildman–Crippen MR) is 126 cm³/mol. The molecule has 1 amide bonds. The third-order valence-corrected chi connectivity index (χ3v) is 6.12. The number of aromatic nitrogens is 2. The lowest BCUT2D eigenvalue weighted by Gasteiger charge is -2.32. The molecule has 0 atom stereocenters. The minimum Gasteiger partial charge on any atom is -0.475 e. The normalized spacial score (nSPS) is 14.3. The van der Waals surface area contributed by atoms with Gasteiger partial charge in [-0.2, -0.15) is 0 Å². The van der Waals surface area contributed by atoms with Crippen molar-refractivity contribution in [1.29, 1.82) is 0 Å². The second-order valence-corrected chi connectivity index (χ2v) is 8.42. The summed E-state index contributed by atoms with van der Waals surface area (Å²) < 4.78 is 33.2. The Morgan fingerprint density at radius 3 is 2.47 bits per heavy atom. The summed E-state index contributed by atoms with van der Waals surface area (Å²) >= 11 is 5.86. The van der Waals surface area contributed by atoms with Crippen LogP contribution < -0.4 is 10.5 Å². The monoisotopic (exact) mass is 487 g/mol. The molecule has 0 saturated carbocycles. The SMILES string of the molecule is CN1CCN(C(=O)c2ccc(-c3cnc(N)c(OCCc4c(F)ccc(F)c4Cl)n3)cc2)CC1.